The Morgan fingerprint density at radius 2 is 2.15 bits per heavy atom. The number of fused-ring (bicyclic) bond motifs is 1. The number of nitrogens with zero attached hydrogens (tertiary/aromatic N) is 3. The van der Waals surface area contributed by atoms with E-state index < -0.39 is 4.92 Å². The Bertz CT molecular complexity index is 785. The third-order valence-corrected chi connectivity index (χ3v) is 4.65. The van der Waals surface area contributed by atoms with E-state index in [1.54, 1.807) is 17.4 Å². The maximum atomic E-state index is 10.9. The summed E-state index contributed by atoms with van der Waals surface area (Å²) < 4.78 is 5.63. The van der Waals surface area contributed by atoms with Gasteiger partial charge in [0.2, 0.25) is 5.52 Å². The minimum absolute atomic E-state index is 0.121. The summed E-state index contributed by atoms with van der Waals surface area (Å²) in [5, 5.41) is 23.4. The van der Waals surface area contributed by atoms with Crippen molar-refractivity contribution in [2.45, 2.75) is 6.54 Å². The number of aromatic nitrogens is 2. The fourth-order valence-electron chi connectivity index (χ4n) is 1.77. The van der Waals surface area contributed by atoms with Crippen molar-refractivity contribution in [3.05, 3.63) is 43.0 Å². The largest absolute Gasteiger partial charge is 0.378 e. The van der Waals surface area contributed by atoms with Crippen LogP contribution in [0.5, 0.6) is 0 Å². The molecule has 0 fully saturated rings. The van der Waals surface area contributed by atoms with Crippen LogP contribution in [-0.4, -0.2) is 15.2 Å². The Kier molecular flexibility index (Phi) is 3.36. The minimum atomic E-state index is -0.508. The zero-order valence-electron chi connectivity index (χ0n) is 9.87. The van der Waals surface area contributed by atoms with Crippen LogP contribution in [-0.2, 0) is 6.54 Å². The number of rotatable bonds is 4. The average molecular weight is 355 g/mol. The SMILES string of the molecule is O=[N+]([O-])c1ccc(NCc2sccc2Br)c2nonc12. The zero-order chi connectivity index (χ0) is 14.1. The van der Waals surface area contributed by atoms with E-state index in [0.717, 1.165) is 9.35 Å². The average Bonchev–Trinajstić information content (AvgIpc) is 3.04. The number of non-ortho nitro benzene ring substituents is 1. The van der Waals surface area contributed by atoms with E-state index in [4.69, 9.17) is 0 Å². The first-order valence-electron chi connectivity index (χ1n) is 5.52. The van der Waals surface area contributed by atoms with Gasteiger partial charge in [-0.25, -0.2) is 4.63 Å². The molecule has 2 heterocycles. The van der Waals surface area contributed by atoms with Crippen molar-refractivity contribution in [3.8, 4) is 0 Å². The smallest absolute Gasteiger partial charge is 0.300 e. The van der Waals surface area contributed by atoms with Crippen molar-refractivity contribution in [1.29, 1.82) is 0 Å². The van der Waals surface area contributed by atoms with E-state index in [1.807, 2.05) is 11.4 Å². The summed E-state index contributed by atoms with van der Waals surface area (Å²) in [5.41, 5.74) is 1.02. The van der Waals surface area contributed by atoms with Gasteiger partial charge in [-0.2, -0.15) is 0 Å². The second-order valence-corrected chi connectivity index (χ2v) is 5.75. The molecule has 2 aromatic heterocycles. The van der Waals surface area contributed by atoms with Crippen molar-refractivity contribution in [2.75, 3.05) is 5.32 Å². The van der Waals surface area contributed by atoms with Crippen LogP contribution in [0.3, 0.4) is 0 Å². The molecule has 3 aromatic rings. The molecule has 9 heteroatoms. The van der Waals surface area contributed by atoms with E-state index in [0.29, 0.717) is 17.7 Å². The number of hydrogen-bond acceptors (Lipinski definition) is 7. The van der Waals surface area contributed by atoms with E-state index >= 15 is 0 Å². The van der Waals surface area contributed by atoms with Gasteiger partial charge in [-0.3, -0.25) is 10.1 Å². The Labute approximate surface area is 124 Å². The minimum Gasteiger partial charge on any atom is -0.378 e. The van der Waals surface area contributed by atoms with E-state index in [-0.39, 0.29) is 11.2 Å². The maximum absolute atomic E-state index is 10.9. The van der Waals surface area contributed by atoms with Crippen molar-refractivity contribution in [3.63, 3.8) is 0 Å². The quantitative estimate of drug-likeness (QED) is 0.568. The number of thiophene rings is 1. The molecule has 0 aliphatic heterocycles. The molecule has 0 aliphatic rings. The van der Waals surface area contributed by atoms with Gasteiger partial charge >= 0.3 is 5.69 Å². The molecule has 0 amide bonds. The first kappa shape index (κ1) is 13.0. The highest BCUT2D eigenvalue weighted by Crippen LogP contribution is 2.30. The predicted octanol–water partition coefficient (Wildman–Crippen LogP) is 3.57. The Balaban J connectivity index is 1.93. The van der Waals surface area contributed by atoms with Crippen molar-refractivity contribution in [1.82, 2.24) is 10.3 Å². The van der Waals surface area contributed by atoms with E-state index in [2.05, 4.69) is 36.2 Å². The Morgan fingerprint density at radius 1 is 1.35 bits per heavy atom. The lowest BCUT2D eigenvalue weighted by molar-refractivity contribution is -0.383. The normalized spacial score (nSPS) is 10.8. The summed E-state index contributed by atoms with van der Waals surface area (Å²) in [6, 6.07) is 4.95. The summed E-state index contributed by atoms with van der Waals surface area (Å²) in [4.78, 5) is 11.5. The highest BCUT2D eigenvalue weighted by Gasteiger charge is 2.19. The van der Waals surface area contributed by atoms with Gasteiger partial charge in [0.15, 0.2) is 5.52 Å². The number of nitro groups is 1. The topological polar surface area (TPSA) is 94.1 Å². The molecule has 0 atom stereocenters. The maximum Gasteiger partial charge on any atom is 0.300 e. The number of benzene rings is 1. The summed E-state index contributed by atoms with van der Waals surface area (Å²) in [7, 11) is 0. The van der Waals surface area contributed by atoms with Crippen LogP contribution in [0.25, 0.3) is 11.0 Å². The van der Waals surface area contributed by atoms with Crippen molar-refractivity contribution < 1.29 is 9.55 Å². The van der Waals surface area contributed by atoms with Gasteiger partial charge in [-0.1, -0.05) is 0 Å². The number of hydrogen-bond donors (Lipinski definition) is 1. The van der Waals surface area contributed by atoms with E-state index in [1.165, 1.54) is 6.07 Å². The zero-order valence-corrected chi connectivity index (χ0v) is 12.3. The Hall–Kier alpha value is -2.00. The molecule has 0 aliphatic carbocycles. The van der Waals surface area contributed by atoms with Crippen LogP contribution in [0.2, 0.25) is 0 Å². The molecule has 102 valence electrons. The fourth-order valence-corrected chi connectivity index (χ4v) is 3.20. The number of nitro benzene ring substituents is 1. The lowest BCUT2D eigenvalue weighted by atomic mass is 10.2. The highest BCUT2D eigenvalue weighted by molar-refractivity contribution is 9.10. The third kappa shape index (κ3) is 2.25. The molecule has 0 saturated carbocycles. The van der Waals surface area contributed by atoms with Gasteiger partial charge in [-0.05, 0) is 43.8 Å². The molecule has 0 unspecified atom stereocenters. The molecule has 7 nitrogen and oxygen atoms in total. The standard InChI is InChI=1S/C11H7BrN4O3S/c12-6-3-4-20-9(6)5-13-7-1-2-8(16(17)18)11-10(7)14-19-15-11/h1-4,13H,5H2. The van der Waals surface area contributed by atoms with Gasteiger partial charge in [0.1, 0.15) is 0 Å². The Morgan fingerprint density at radius 3 is 2.85 bits per heavy atom. The van der Waals surface area contributed by atoms with Crippen molar-refractivity contribution in [2.24, 2.45) is 0 Å². The first-order chi connectivity index (χ1) is 9.66. The van der Waals surface area contributed by atoms with Crippen LogP contribution in [0, 0.1) is 10.1 Å². The summed E-state index contributed by atoms with van der Waals surface area (Å²) >= 11 is 5.05. The molecule has 0 bridgehead atoms. The van der Waals surface area contributed by atoms with Crippen LogP contribution in [0.4, 0.5) is 11.4 Å². The van der Waals surface area contributed by atoms with Gasteiger partial charge in [0, 0.05) is 15.4 Å². The molecule has 20 heavy (non-hydrogen) atoms. The molecule has 0 saturated heterocycles. The van der Waals surface area contributed by atoms with E-state index in [9.17, 15) is 10.1 Å². The second-order valence-electron chi connectivity index (χ2n) is 3.90. The number of nitrogens with one attached hydrogen (secondary N) is 1. The molecular formula is C11H7BrN4O3S. The van der Waals surface area contributed by atoms with Gasteiger partial charge in [0.05, 0.1) is 17.2 Å². The van der Waals surface area contributed by atoms with Crippen molar-refractivity contribution >= 4 is 49.7 Å². The lowest BCUT2D eigenvalue weighted by Crippen LogP contribution is -1.99. The van der Waals surface area contributed by atoms with Crippen LogP contribution >= 0.6 is 27.3 Å². The molecule has 1 aromatic carbocycles. The summed E-state index contributed by atoms with van der Waals surface area (Å²) in [6.07, 6.45) is 0. The lowest BCUT2D eigenvalue weighted by Gasteiger charge is -2.05. The van der Waals surface area contributed by atoms with Gasteiger partial charge in [-0.15, -0.1) is 11.3 Å². The fraction of sp³-hybridized carbons (Fsp3) is 0.0909. The number of halogens is 1. The monoisotopic (exact) mass is 354 g/mol. The molecule has 0 spiro atoms. The van der Waals surface area contributed by atoms with Crippen LogP contribution < -0.4 is 5.32 Å². The first-order valence-corrected chi connectivity index (χ1v) is 7.19. The number of anilines is 1. The van der Waals surface area contributed by atoms with Crippen LogP contribution in [0.1, 0.15) is 4.88 Å². The molecule has 0 radical (unpaired) electrons. The van der Waals surface area contributed by atoms with Gasteiger partial charge in [0.25, 0.3) is 0 Å². The molecular weight excluding hydrogens is 348 g/mol. The molecule has 3 rings (SSSR count). The van der Waals surface area contributed by atoms with Crippen LogP contribution in [0.15, 0.2) is 32.7 Å². The summed E-state index contributed by atoms with van der Waals surface area (Å²) in [6.45, 7) is 0.581. The third-order valence-electron chi connectivity index (χ3n) is 2.72. The summed E-state index contributed by atoms with van der Waals surface area (Å²) in [5.74, 6) is 0. The van der Waals surface area contributed by atoms with Gasteiger partial charge < -0.3 is 5.32 Å². The highest BCUT2D eigenvalue weighted by atomic mass is 79.9. The predicted molar refractivity (Wildman–Crippen MR) is 77.8 cm³/mol. The molecule has 1 N–H and O–H groups in total. The second kappa shape index (κ2) is 5.17.